The molecule has 0 bridgehead atoms. The molecule has 2 fully saturated rings. The zero-order valence-electron chi connectivity index (χ0n) is 65.4. The Hall–Kier alpha value is -4.38. The van der Waals surface area contributed by atoms with E-state index >= 15 is 0 Å². The average Bonchev–Trinajstić information content (AvgIpc) is 0.821. The minimum absolute atomic E-state index is 0.218. The molecule has 3 aromatic carbocycles. The van der Waals surface area contributed by atoms with Crippen LogP contribution < -0.4 is 15.4 Å². The number of unbranched alkanes of at least 4 members (excludes halogenated alkanes) is 33. The van der Waals surface area contributed by atoms with Crippen molar-refractivity contribution in [3.05, 3.63) is 95.6 Å². The molecular weight excluding hydrogens is 1390 g/mol. The number of ether oxygens (including phenoxy) is 5. The highest BCUT2D eigenvalue weighted by Gasteiger charge is 2.46. The summed E-state index contributed by atoms with van der Waals surface area (Å²) in [6.07, 6.45) is 24.2. The van der Waals surface area contributed by atoms with Crippen molar-refractivity contribution in [1.82, 2.24) is 10.6 Å². The van der Waals surface area contributed by atoms with Crippen molar-refractivity contribution in [2.45, 2.75) is 388 Å². The van der Waals surface area contributed by atoms with Crippen molar-refractivity contribution < 1.29 is 103 Å². The summed E-state index contributed by atoms with van der Waals surface area (Å²) in [7, 11) is 0. The van der Waals surface area contributed by atoms with Crippen LogP contribution in [-0.4, -0.2) is 197 Å². The lowest BCUT2D eigenvalue weighted by atomic mass is 9.98. The van der Waals surface area contributed by atoms with Crippen molar-refractivity contribution in [2.24, 2.45) is 0 Å². The Labute approximate surface area is 644 Å². The van der Waals surface area contributed by atoms with Gasteiger partial charge in [-0.05, 0) is 111 Å². The highest BCUT2D eigenvalue weighted by Crippen LogP contribution is 2.28. The van der Waals surface area contributed by atoms with E-state index in [0.717, 1.165) is 146 Å². The molecule has 0 radical (unpaired) electrons. The number of aryl methyl sites for hydroxylation is 2. The van der Waals surface area contributed by atoms with Gasteiger partial charge in [0.1, 0.15) is 84.2 Å². The normalized spacial score (nSPS) is 21.8. The van der Waals surface area contributed by atoms with E-state index in [2.05, 4.69) is 36.6 Å². The molecule has 2 heterocycles. The van der Waals surface area contributed by atoms with Crippen LogP contribution in [0.2, 0.25) is 0 Å². The van der Waals surface area contributed by atoms with Crippen molar-refractivity contribution in [3.8, 4) is 11.5 Å². The number of hydrogen-bond donors (Lipinski definition) is 14. The molecule has 2 aliphatic rings. The SMILES string of the molecule is CCCCCCCCCCCCCC[C@@H](O)[C@@H](O)[C@H](CO[C@H]1OC(CO)[C@H](O)[C@H](O)C1O)NC(=O)CCCCCCCCCCc1ccc(Oc2ccc(F)cc2)cc1.CCCCCCCCCCCCCC[C@@H](O)[C@@H](O)[C@H](CO[C@H]1OC(CO)[C@H](O)[C@H](O)C1O)NC(=O)CCCCCCCc1ccc(F)cc1. The van der Waals surface area contributed by atoms with Crippen LogP contribution in [0.25, 0.3) is 0 Å². The topological polar surface area (TPSA) is 347 Å². The van der Waals surface area contributed by atoms with Crippen LogP contribution in [0.3, 0.4) is 0 Å². The smallest absolute Gasteiger partial charge is 0.220 e. The number of carbonyl (C=O) groups excluding carboxylic acids is 2. The van der Waals surface area contributed by atoms with Gasteiger partial charge in [-0.1, -0.05) is 250 Å². The molecule has 0 aliphatic carbocycles. The third-order valence-electron chi connectivity index (χ3n) is 21.0. The van der Waals surface area contributed by atoms with Gasteiger partial charge in [0, 0.05) is 12.8 Å². The minimum Gasteiger partial charge on any atom is -0.457 e. The van der Waals surface area contributed by atoms with Crippen LogP contribution >= 0.6 is 0 Å². The highest BCUT2D eigenvalue weighted by atomic mass is 19.1. The molecule has 5 rings (SSSR count). The second-order valence-corrected chi connectivity index (χ2v) is 30.3. The Kier molecular flexibility index (Phi) is 52.8. The van der Waals surface area contributed by atoms with Crippen LogP contribution in [0.1, 0.15) is 288 Å². The van der Waals surface area contributed by atoms with Crippen LogP contribution in [0.15, 0.2) is 72.8 Å². The lowest BCUT2D eigenvalue weighted by Gasteiger charge is -2.40. The zero-order chi connectivity index (χ0) is 78.5. The molecule has 16 atom stereocenters. The number of nitrogens with one attached hydrogen (secondary N) is 2. The van der Waals surface area contributed by atoms with Crippen molar-refractivity contribution in [3.63, 3.8) is 0 Å². The first-order chi connectivity index (χ1) is 52.3. The van der Waals surface area contributed by atoms with Gasteiger partial charge in [0.25, 0.3) is 0 Å². The molecule has 2 aliphatic heterocycles. The number of rotatable bonds is 61. The maximum atomic E-state index is 13.1. The van der Waals surface area contributed by atoms with E-state index in [1.54, 1.807) is 24.3 Å². The summed E-state index contributed by atoms with van der Waals surface area (Å²) >= 11 is 0. The number of hydrogen-bond acceptors (Lipinski definition) is 19. The molecule has 14 N–H and O–H groups in total. The molecular formula is C85H142F2N2O19. The summed E-state index contributed by atoms with van der Waals surface area (Å²) in [6, 6.07) is 18.4. The number of aliphatic hydroxyl groups excluding tert-OH is 12. The standard InChI is InChI=1S/C47H76FNO10.C38H66FNO9/c1-2-3-4-5-6-7-8-9-10-14-17-20-23-40(51)43(53)39(34-57-47-46(56)45(55)44(54)41(33-50)59-47)49-42(52)24-21-18-15-12-11-13-16-19-22-35-25-29-37(30-26-35)58-38-31-27-36(48)28-32-38;1-2-3-4-5-6-7-8-9-10-11-14-17-20-31(42)34(44)30(27-48-38-37(47)36(46)35(45)32(26-41)49-38)40-33(43)21-18-15-12-13-16-19-28-22-24-29(39)25-23-28/h25-32,39-41,43-47,50-51,53-56H,2-24,33-34H2,1H3,(H,49,52);22-25,30-32,34-38,41-42,44-47H,2-21,26-27H2,1H3,(H,40,43)/t39-,40+,41?,43-,44-,45-,46?,47-;30-,31+,32?,34-,35-,36-,37?,38-/m00/s1. The van der Waals surface area contributed by atoms with Gasteiger partial charge in [0.2, 0.25) is 11.8 Å². The largest absolute Gasteiger partial charge is 0.457 e. The van der Waals surface area contributed by atoms with Crippen LogP contribution in [-0.2, 0) is 41.4 Å². The zero-order valence-corrected chi connectivity index (χ0v) is 65.4. The quantitative estimate of drug-likeness (QED) is 0.0233. The summed E-state index contributed by atoms with van der Waals surface area (Å²) in [5.41, 5.74) is 2.34. The Balaban J connectivity index is 0.000000465. The summed E-state index contributed by atoms with van der Waals surface area (Å²) in [5, 5.41) is 130. The van der Waals surface area contributed by atoms with Gasteiger partial charge in [-0.3, -0.25) is 9.59 Å². The maximum Gasteiger partial charge on any atom is 0.220 e. The fourth-order valence-electron chi connectivity index (χ4n) is 13.9. The lowest BCUT2D eigenvalue weighted by Crippen LogP contribution is -2.60. The summed E-state index contributed by atoms with van der Waals surface area (Å²) in [6.45, 7) is 2.56. The Bertz CT molecular complexity index is 2670. The monoisotopic (exact) mass is 1530 g/mol. The highest BCUT2D eigenvalue weighted by molar-refractivity contribution is 5.76. The van der Waals surface area contributed by atoms with E-state index in [4.69, 9.17) is 23.7 Å². The lowest BCUT2D eigenvalue weighted by molar-refractivity contribution is -0.303. The van der Waals surface area contributed by atoms with Crippen LogP contribution in [0, 0.1) is 11.6 Å². The molecule has 3 aromatic rings. The van der Waals surface area contributed by atoms with E-state index in [-0.39, 0.29) is 49.5 Å². The van der Waals surface area contributed by atoms with E-state index < -0.39 is 111 Å². The van der Waals surface area contributed by atoms with E-state index in [0.29, 0.717) is 31.4 Å². The third kappa shape index (κ3) is 40.9. The Morgan fingerprint density at radius 2 is 0.657 bits per heavy atom. The number of benzene rings is 3. The van der Waals surface area contributed by atoms with Gasteiger partial charge in [0.05, 0.1) is 50.7 Å². The average molecular weight is 1530 g/mol. The fraction of sp³-hybridized carbons (Fsp3) is 0.765. The Morgan fingerprint density at radius 1 is 0.380 bits per heavy atom. The molecule has 0 aromatic heterocycles. The number of amides is 2. The minimum atomic E-state index is -1.62. The third-order valence-corrected chi connectivity index (χ3v) is 21.0. The molecule has 2 saturated heterocycles. The predicted octanol–water partition coefficient (Wildman–Crippen LogP) is 12.6. The second kappa shape index (κ2) is 59.4. The van der Waals surface area contributed by atoms with Gasteiger partial charge in [-0.15, -0.1) is 0 Å². The van der Waals surface area contributed by atoms with Crippen molar-refractivity contribution >= 4 is 11.8 Å². The van der Waals surface area contributed by atoms with Crippen LogP contribution in [0.4, 0.5) is 8.78 Å². The number of halogens is 2. The molecule has 0 saturated carbocycles. The maximum absolute atomic E-state index is 13.1. The molecule has 4 unspecified atom stereocenters. The first-order valence-corrected chi connectivity index (χ1v) is 41.7. The predicted molar refractivity (Wildman–Crippen MR) is 415 cm³/mol. The van der Waals surface area contributed by atoms with Crippen LogP contribution in [0.5, 0.6) is 11.5 Å². The van der Waals surface area contributed by atoms with E-state index in [1.807, 2.05) is 12.1 Å². The van der Waals surface area contributed by atoms with Crippen molar-refractivity contribution in [1.29, 1.82) is 0 Å². The summed E-state index contributed by atoms with van der Waals surface area (Å²) in [4.78, 5) is 25.9. The summed E-state index contributed by atoms with van der Waals surface area (Å²) < 4.78 is 54.2. The second-order valence-electron chi connectivity index (χ2n) is 30.3. The van der Waals surface area contributed by atoms with Gasteiger partial charge >= 0.3 is 0 Å². The fourth-order valence-corrected chi connectivity index (χ4v) is 13.9. The molecule has 23 heteroatoms. The molecule has 2 amide bonds. The van der Waals surface area contributed by atoms with E-state index in [9.17, 15) is 79.6 Å². The summed E-state index contributed by atoms with van der Waals surface area (Å²) in [5.74, 6) is 0.169. The molecule has 620 valence electrons. The number of carbonyl (C=O) groups is 2. The van der Waals surface area contributed by atoms with Gasteiger partial charge in [-0.2, -0.15) is 0 Å². The van der Waals surface area contributed by atoms with E-state index in [1.165, 1.54) is 133 Å². The first-order valence-electron chi connectivity index (χ1n) is 41.7. The van der Waals surface area contributed by atoms with Gasteiger partial charge < -0.3 is 95.6 Å². The Morgan fingerprint density at radius 3 is 0.981 bits per heavy atom. The number of aliphatic hydroxyl groups is 12. The molecule has 0 spiro atoms. The molecule has 21 nitrogen and oxygen atoms in total. The first kappa shape index (κ1) is 96.0. The van der Waals surface area contributed by atoms with Gasteiger partial charge in [-0.25, -0.2) is 8.78 Å². The van der Waals surface area contributed by atoms with Crippen molar-refractivity contribution in [2.75, 3.05) is 26.4 Å². The van der Waals surface area contributed by atoms with Gasteiger partial charge in [0.15, 0.2) is 12.6 Å². The molecule has 108 heavy (non-hydrogen) atoms.